The second kappa shape index (κ2) is 3.77. The van der Waals surface area contributed by atoms with Crippen molar-refractivity contribution < 1.29 is 13.2 Å². The fraction of sp³-hybridized carbons (Fsp3) is 0.167. The monoisotopic (exact) mass is 283 g/mol. The van der Waals surface area contributed by atoms with Crippen LogP contribution in [0.25, 0.3) is 0 Å². The molecule has 0 aliphatic heterocycles. The Hall–Kier alpha value is -0.400. The Bertz CT molecular complexity index is 423. The molecule has 0 bridgehead atoms. The average molecular weight is 284 g/mol. The number of halogens is 1. The lowest BCUT2D eigenvalue weighted by atomic mass is 10.5. The summed E-state index contributed by atoms with van der Waals surface area (Å²) >= 11 is 4.34. The molecule has 1 rings (SSSR count). The Balaban J connectivity index is 2.81. The minimum atomic E-state index is -3.47. The molecule has 0 spiro atoms. The fourth-order valence-corrected chi connectivity index (χ4v) is 2.48. The van der Waals surface area contributed by atoms with Crippen molar-refractivity contribution in [2.24, 2.45) is 0 Å². The van der Waals surface area contributed by atoms with E-state index >= 15 is 0 Å². The van der Waals surface area contributed by atoms with Gasteiger partial charge in [-0.3, -0.25) is 4.79 Å². The van der Waals surface area contributed by atoms with Crippen molar-refractivity contribution >= 4 is 43.2 Å². The highest BCUT2D eigenvalue weighted by Gasteiger charge is 2.12. The summed E-state index contributed by atoms with van der Waals surface area (Å²) in [5, 5.41) is 1.71. The van der Waals surface area contributed by atoms with Crippen LogP contribution in [0.3, 0.4) is 0 Å². The van der Waals surface area contributed by atoms with Crippen molar-refractivity contribution in [1.29, 1.82) is 0 Å². The molecule has 1 N–H and O–H groups in total. The number of carbonyl (C=O) groups excluding carboxylic acids is 1. The smallest absolute Gasteiger partial charge is 0.267 e. The Morgan fingerprint density at radius 2 is 2.23 bits per heavy atom. The van der Waals surface area contributed by atoms with Crippen LogP contribution >= 0.6 is 27.3 Å². The average Bonchev–Trinajstić information content (AvgIpc) is 2.31. The lowest BCUT2D eigenvalue weighted by Gasteiger charge is -1.98. The molecule has 0 fully saturated rings. The molecule has 13 heavy (non-hydrogen) atoms. The second-order valence-corrected chi connectivity index (χ2v) is 5.91. The number of hydrogen-bond acceptors (Lipinski definition) is 4. The van der Waals surface area contributed by atoms with Crippen LogP contribution in [0.15, 0.2) is 15.9 Å². The molecule has 0 unspecified atom stereocenters. The quantitative estimate of drug-likeness (QED) is 0.887. The van der Waals surface area contributed by atoms with Crippen molar-refractivity contribution in [3.05, 3.63) is 20.8 Å². The van der Waals surface area contributed by atoms with E-state index in [1.165, 1.54) is 11.3 Å². The molecular weight excluding hydrogens is 278 g/mol. The normalized spacial score (nSPS) is 11.2. The van der Waals surface area contributed by atoms with Crippen LogP contribution in [0, 0.1) is 0 Å². The Morgan fingerprint density at radius 1 is 1.62 bits per heavy atom. The second-order valence-electron chi connectivity index (χ2n) is 2.33. The third kappa shape index (κ3) is 3.45. The van der Waals surface area contributed by atoms with Gasteiger partial charge in [0.15, 0.2) is 0 Å². The molecule has 0 aliphatic carbocycles. The molecule has 1 amide bonds. The van der Waals surface area contributed by atoms with Gasteiger partial charge in [-0.2, -0.15) is 0 Å². The topological polar surface area (TPSA) is 63.2 Å². The van der Waals surface area contributed by atoms with Crippen molar-refractivity contribution in [3.8, 4) is 0 Å². The van der Waals surface area contributed by atoms with E-state index in [1.54, 1.807) is 11.4 Å². The van der Waals surface area contributed by atoms with Gasteiger partial charge in [-0.25, -0.2) is 13.1 Å². The molecule has 0 atom stereocenters. The van der Waals surface area contributed by atoms with E-state index in [-0.39, 0.29) is 0 Å². The first-order valence-electron chi connectivity index (χ1n) is 3.14. The van der Waals surface area contributed by atoms with Gasteiger partial charge in [-0.1, -0.05) is 0 Å². The van der Waals surface area contributed by atoms with Crippen LogP contribution in [0.5, 0.6) is 0 Å². The van der Waals surface area contributed by atoms with Gasteiger partial charge in [0.25, 0.3) is 5.91 Å². The first-order chi connectivity index (χ1) is 5.88. The van der Waals surface area contributed by atoms with E-state index < -0.39 is 15.9 Å². The molecule has 0 radical (unpaired) electrons. The van der Waals surface area contributed by atoms with Gasteiger partial charge in [0.1, 0.15) is 0 Å². The predicted octanol–water partition coefficient (Wildman–Crippen LogP) is 1.20. The molecular formula is C6H6BrNO3S2. The van der Waals surface area contributed by atoms with Gasteiger partial charge >= 0.3 is 0 Å². The summed E-state index contributed by atoms with van der Waals surface area (Å²) in [4.78, 5) is 11.5. The molecule has 1 aromatic rings. The van der Waals surface area contributed by atoms with Gasteiger partial charge in [0.2, 0.25) is 10.0 Å². The minimum absolute atomic E-state index is 0.359. The third-order valence-electron chi connectivity index (χ3n) is 1.07. The maximum atomic E-state index is 11.2. The minimum Gasteiger partial charge on any atom is -0.267 e. The maximum absolute atomic E-state index is 11.2. The van der Waals surface area contributed by atoms with E-state index in [0.29, 0.717) is 4.88 Å². The van der Waals surface area contributed by atoms with Crippen molar-refractivity contribution in [2.45, 2.75) is 0 Å². The molecule has 4 nitrogen and oxygen atoms in total. The molecule has 72 valence electrons. The predicted molar refractivity (Wildman–Crippen MR) is 54.3 cm³/mol. The summed E-state index contributed by atoms with van der Waals surface area (Å²) in [6.45, 7) is 0. The van der Waals surface area contributed by atoms with E-state index in [4.69, 9.17) is 0 Å². The highest BCUT2D eigenvalue weighted by Crippen LogP contribution is 2.19. The van der Waals surface area contributed by atoms with Crippen LogP contribution < -0.4 is 4.72 Å². The summed E-state index contributed by atoms with van der Waals surface area (Å²) < 4.78 is 24.0. The summed E-state index contributed by atoms with van der Waals surface area (Å²) in [6, 6.07) is 1.56. The molecule has 7 heteroatoms. The van der Waals surface area contributed by atoms with Crippen LogP contribution in [-0.2, 0) is 10.0 Å². The zero-order valence-electron chi connectivity index (χ0n) is 6.57. The number of carbonyl (C=O) groups is 1. The lowest BCUT2D eigenvalue weighted by molar-refractivity contribution is 0.0985. The van der Waals surface area contributed by atoms with E-state index in [9.17, 15) is 13.2 Å². The molecule has 0 saturated carbocycles. The summed E-state index contributed by atoms with van der Waals surface area (Å²) in [6.07, 6.45) is 0.938. The molecule has 0 aromatic carbocycles. The number of rotatable bonds is 2. The number of sulfonamides is 1. The molecule has 0 saturated heterocycles. The van der Waals surface area contributed by atoms with Gasteiger partial charge in [0.05, 0.1) is 11.1 Å². The zero-order valence-corrected chi connectivity index (χ0v) is 9.79. The van der Waals surface area contributed by atoms with Crippen LogP contribution in [0.1, 0.15) is 9.67 Å². The van der Waals surface area contributed by atoms with Crippen molar-refractivity contribution in [2.75, 3.05) is 6.26 Å². The summed E-state index contributed by atoms with van der Waals surface area (Å²) in [7, 11) is -3.47. The highest BCUT2D eigenvalue weighted by molar-refractivity contribution is 9.10. The van der Waals surface area contributed by atoms with Crippen LogP contribution in [-0.4, -0.2) is 20.6 Å². The Labute approximate surface area is 88.1 Å². The third-order valence-corrected chi connectivity index (χ3v) is 3.32. The van der Waals surface area contributed by atoms with Crippen molar-refractivity contribution in [1.82, 2.24) is 4.72 Å². The van der Waals surface area contributed by atoms with E-state index in [0.717, 1.165) is 10.7 Å². The summed E-state index contributed by atoms with van der Waals surface area (Å²) in [5.74, 6) is -0.599. The first kappa shape index (κ1) is 10.7. The Morgan fingerprint density at radius 3 is 2.62 bits per heavy atom. The molecule has 1 aromatic heterocycles. The molecule has 1 heterocycles. The van der Waals surface area contributed by atoms with E-state index in [1.807, 2.05) is 4.72 Å². The maximum Gasteiger partial charge on any atom is 0.274 e. The van der Waals surface area contributed by atoms with Crippen molar-refractivity contribution in [3.63, 3.8) is 0 Å². The number of thiophene rings is 1. The standard InChI is InChI=1S/C6H6BrNO3S2/c1-13(10,11)8-6(9)5-2-4(7)3-12-5/h2-3H,1H3,(H,8,9). The fourth-order valence-electron chi connectivity index (χ4n) is 0.651. The van der Waals surface area contributed by atoms with Gasteiger partial charge in [0, 0.05) is 9.85 Å². The van der Waals surface area contributed by atoms with E-state index in [2.05, 4.69) is 15.9 Å². The molecule has 0 aliphatic rings. The van der Waals surface area contributed by atoms with Crippen LogP contribution in [0.4, 0.5) is 0 Å². The first-order valence-corrected chi connectivity index (χ1v) is 6.71. The highest BCUT2D eigenvalue weighted by atomic mass is 79.9. The lowest BCUT2D eigenvalue weighted by Crippen LogP contribution is -2.28. The summed E-state index contributed by atoms with van der Waals surface area (Å²) in [5.41, 5.74) is 0. The van der Waals surface area contributed by atoms with Gasteiger partial charge in [-0.15, -0.1) is 11.3 Å². The largest absolute Gasteiger partial charge is 0.274 e. The number of amides is 1. The number of hydrogen-bond donors (Lipinski definition) is 1. The Kier molecular flexibility index (Phi) is 3.09. The van der Waals surface area contributed by atoms with Gasteiger partial charge < -0.3 is 0 Å². The van der Waals surface area contributed by atoms with Gasteiger partial charge in [-0.05, 0) is 22.0 Å². The SMILES string of the molecule is CS(=O)(=O)NC(=O)c1cc(Br)cs1. The zero-order chi connectivity index (χ0) is 10.1. The number of nitrogens with one attached hydrogen (secondary N) is 1. The van der Waals surface area contributed by atoms with Crippen LogP contribution in [0.2, 0.25) is 0 Å².